The van der Waals surface area contributed by atoms with Crippen molar-refractivity contribution >= 4 is 0 Å². The Labute approximate surface area is 94.5 Å². The summed E-state index contributed by atoms with van der Waals surface area (Å²) in [6, 6.07) is 4.35. The summed E-state index contributed by atoms with van der Waals surface area (Å²) in [4.78, 5) is 7.98. The lowest BCUT2D eigenvalue weighted by atomic mass is 10.2. The van der Waals surface area contributed by atoms with Crippen molar-refractivity contribution in [3.8, 4) is 0 Å². The maximum Gasteiger partial charge on any atom is 0.137 e. The van der Waals surface area contributed by atoms with Crippen molar-refractivity contribution in [1.29, 1.82) is 0 Å². The summed E-state index contributed by atoms with van der Waals surface area (Å²) in [6.45, 7) is 3.77. The summed E-state index contributed by atoms with van der Waals surface area (Å²) in [6.07, 6.45) is 6.92. The highest BCUT2D eigenvalue weighted by Gasteiger charge is 2.02. The third-order valence-corrected chi connectivity index (χ3v) is 2.30. The first-order chi connectivity index (χ1) is 7.84. The summed E-state index contributed by atoms with van der Waals surface area (Å²) < 4.78 is 1.82. The Hall–Kier alpha value is -1.75. The zero-order valence-corrected chi connectivity index (χ0v) is 9.24. The van der Waals surface area contributed by atoms with Crippen LogP contribution in [0.2, 0.25) is 0 Å². The zero-order valence-electron chi connectivity index (χ0n) is 9.24. The molecule has 16 heavy (non-hydrogen) atoms. The quantitative estimate of drug-likeness (QED) is 0.806. The fourth-order valence-corrected chi connectivity index (χ4v) is 1.47. The molecule has 0 amide bonds. The topological polar surface area (TPSA) is 55.6 Å². The van der Waals surface area contributed by atoms with E-state index in [1.54, 1.807) is 18.9 Å². The van der Waals surface area contributed by atoms with E-state index in [0.29, 0.717) is 6.04 Å². The van der Waals surface area contributed by atoms with Crippen LogP contribution in [0.5, 0.6) is 0 Å². The van der Waals surface area contributed by atoms with Gasteiger partial charge in [-0.2, -0.15) is 5.10 Å². The number of nitrogens with zero attached hydrogens (tertiary/aromatic N) is 4. The molecule has 1 N–H and O–H groups in total. The van der Waals surface area contributed by atoms with Gasteiger partial charge in [-0.25, -0.2) is 4.98 Å². The molecular weight excluding hydrogens is 202 g/mol. The van der Waals surface area contributed by atoms with Gasteiger partial charge in [0.1, 0.15) is 12.7 Å². The van der Waals surface area contributed by atoms with Gasteiger partial charge in [0.2, 0.25) is 0 Å². The molecule has 0 aromatic carbocycles. The van der Waals surface area contributed by atoms with Crippen molar-refractivity contribution in [2.75, 3.05) is 0 Å². The van der Waals surface area contributed by atoms with E-state index in [4.69, 9.17) is 0 Å². The van der Waals surface area contributed by atoms with E-state index in [0.717, 1.165) is 13.1 Å². The van der Waals surface area contributed by atoms with Crippen LogP contribution in [0.3, 0.4) is 0 Å². The van der Waals surface area contributed by atoms with Crippen LogP contribution in [-0.4, -0.2) is 25.8 Å². The summed E-state index contributed by atoms with van der Waals surface area (Å²) in [5.74, 6) is 0. The zero-order chi connectivity index (χ0) is 11.2. The second-order valence-electron chi connectivity index (χ2n) is 3.76. The van der Waals surface area contributed by atoms with Crippen molar-refractivity contribution in [2.45, 2.75) is 26.1 Å². The molecule has 1 atom stereocenters. The fraction of sp³-hybridized carbons (Fsp3) is 0.364. The molecule has 0 saturated heterocycles. The molecule has 84 valence electrons. The van der Waals surface area contributed by atoms with Crippen LogP contribution >= 0.6 is 0 Å². The maximum atomic E-state index is 4.07. The van der Waals surface area contributed by atoms with Gasteiger partial charge in [0.05, 0.1) is 6.54 Å². The summed E-state index contributed by atoms with van der Waals surface area (Å²) in [5.41, 5.74) is 1.19. The first-order valence-corrected chi connectivity index (χ1v) is 5.29. The van der Waals surface area contributed by atoms with Crippen molar-refractivity contribution < 1.29 is 0 Å². The highest BCUT2D eigenvalue weighted by atomic mass is 15.3. The van der Waals surface area contributed by atoms with Gasteiger partial charge in [0, 0.05) is 25.0 Å². The highest BCUT2D eigenvalue weighted by molar-refractivity contribution is 5.07. The van der Waals surface area contributed by atoms with E-state index < -0.39 is 0 Å². The van der Waals surface area contributed by atoms with E-state index in [-0.39, 0.29) is 0 Å². The molecule has 0 aliphatic carbocycles. The summed E-state index contributed by atoms with van der Waals surface area (Å²) >= 11 is 0. The molecule has 5 nitrogen and oxygen atoms in total. The average Bonchev–Trinajstić information content (AvgIpc) is 2.81. The number of nitrogens with one attached hydrogen (secondary N) is 1. The molecule has 2 aromatic rings. The van der Waals surface area contributed by atoms with Crippen LogP contribution in [-0.2, 0) is 13.1 Å². The van der Waals surface area contributed by atoms with E-state index in [1.165, 1.54) is 5.56 Å². The van der Waals surface area contributed by atoms with Crippen molar-refractivity contribution in [3.63, 3.8) is 0 Å². The Morgan fingerprint density at radius 1 is 1.44 bits per heavy atom. The van der Waals surface area contributed by atoms with Gasteiger partial charge >= 0.3 is 0 Å². The average molecular weight is 217 g/mol. The monoisotopic (exact) mass is 217 g/mol. The largest absolute Gasteiger partial charge is 0.308 e. The molecule has 0 aliphatic rings. The van der Waals surface area contributed by atoms with Crippen LogP contribution in [0.4, 0.5) is 0 Å². The summed E-state index contributed by atoms with van der Waals surface area (Å²) in [5, 5.41) is 7.47. The minimum atomic E-state index is 0.349. The van der Waals surface area contributed by atoms with Gasteiger partial charge < -0.3 is 5.32 Å². The lowest BCUT2D eigenvalue weighted by Gasteiger charge is -2.13. The molecule has 0 bridgehead atoms. The van der Waals surface area contributed by atoms with Crippen LogP contribution in [0, 0.1) is 0 Å². The molecule has 0 spiro atoms. The maximum absolute atomic E-state index is 4.07. The standard InChI is InChI=1S/C11H15N5/c1-10(7-16-9-13-8-15-16)14-6-11-3-2-4-12-5-11/h2-5,8-10,14H,6-7H2,1H3. The Morgan fingerprint density at radius 2 is 2.38 bits per heavy atom. The van der Waals surface area contributed by atoms with E-state index in [1.807, 2.05) is 16.9 Å². The second kappa shape index (κ2) is 5.37. The Kier molecular flexibility index (Phi) is 3.61. The Morgan fingerprint density at radius 3 is 3.06 bits per heavy atom. The lowest BCUT2D eigenvalue weighted by Crippen LogP contribution is -2.30. The molecule has 0 radical (unpaired) electrons. The predicted octanol–water partition coefficient (Wildman–Crippen LogP) is 0.851. The van der Waals surface area contributed by atoms with E-state index >= 15 is 0 Å². The van der Waals surface area contributed by atoms with Gasteiger partial charge in [0.25, 0.3) is 0 Å². The smallest absolute Gasteiger partial charge is 0.137 e. The number of rotatable bonds is 5. The first-order valence-electron chi connectivity index (χ1n) is 5.29. The minimum absolute atomic E-state index is 0.349. The molecule has 2 heterocycles. The Balaban J connectivity index is 1.78. The molecule has 0 fully saturated rings. The van der Waals surface area contributed by atoms with Gasteiger partial charge in [-0.1, -0.05) is 6.07 Å². The van der Waals surface area contributed by atoms with Gasteiger partial charge in [-0.15, -0.1) is 0 Å². The SMILES string of the molecule is CC(Cn1cncn1)NCc1cccnc1. The molecular formula is C11H15N5. The molecule has 1 unspecified atom stereocenters. The van der Waals surface area contributed by atoms with Crippen molar-refractivity contribution in [3.05, 3.63) is 42.7 Å². The number of aromatic nitrogens is 4. The molecule has 0 saturated carbocycles. The molecule has 2 rings (SSSR count). The summed E-state index contributed by atoms with van der Waals surface area (Å²) in [7, 11) is 0. The van der Waals surface area contributed by atoms with Crippen LogP contribution < -0.4 is 5.32 Å². The third kappa shape index (κ3) is 3.13. The van der Waals surface area contributed by atoms with Crippen molar-refractivity contribution in [2.24, 2.45) is 0 Å². The van der Waals surface area contributed by atoms with Crippen LogP contribution in [0.1, 0.15) is 12.5 Å². The first kappa shape index (κ1) is 10.8. The minimum Gasteiger partial charge on any atom is -0.308 e. The number of hydrogen-bond acceptors (Lipinski definition) is 4. The van der Waals surface area contributed by atoms with Crippen LogP contribution in [0.25, 0.3) is 0 Å². The molecule has 2 aromatic heterocycles. The van der Waals surface area contributed by atoms with E-state index in [9.17, 15) is 0 Å². The lowest BCUT2D eigenvalue weighted by molar-refractivity contribution is 0.450. The molecule has 5 heteroatoms. The van der Waals surface area contributed by atoms with Gasteiger partial charge in [-0.05, 0) is 18.6 Å². The van der Waals surface area contributed by atoms with Gasteiger partial charge in [-0.3, -0.25) is 9.67 Å². The normalized spacial score (nSPS) is 12.6. The number of pyridine rings is 1. The van der Waals surface area contributed by atoms with Crippen LogP contribution in [0.15, 0.2) is 37.2 Å². The number of hydrogen-bond donors (Lipinski definition) is 1. The van der Waals surface area contributed by atoms with E-state index in [2.05, 4.69) is 33.4 Å². The van der Waals surface area contributed by atoms with Crippen molar-refractivity contribution in [1.82, 2.24) is 25.1 Å². The third-order valence-electron chi connectivity index (χ3n) is 2.30. The van der Waals surface area contributed by atoms with Gasteiger partial charge in [0.15, 0.2) is 0 Å². The second-order valence-corrected chi connectivity index (χ2v) is 3.76. The fourth-order valence-electron chi connectivity index (χ4n) is 1.47. The molecule has 0 aliphatic heterocycles. The Bertz CT molecular complexity index is 398. The predicted molar refractivity (Wildman–Crippen MR) is 60.6 cm³/mol. The highest BCUT2D eigenvalue weighted by Crippen LogP contribution is 1.96.